The molecule has 0 spiro atoms. The van der Waals surface area contributed by atoms with Crippen LogP contribution in [0.4, 0.5) is 13.6 Å². The van der Waals surface area contributed by atoms with Crippen molar-refractivity contribution in [2.24, 2.45) is 0 Å². The van der Waals surface area contributed by atoms with E-state index in [1.54, 1.807) is 47.4 Å². The smallest absolute Gasteiger partial charge is 0.290 e. The van der Waals surface area contributed by atoms with Gasteiger partial charge in [0.05, 0.1) is 34.8 Å². The number of hydrogen-bond acceptors (Lipinski definition) is 7. The molecule has 0 bridgehead atoms. The quantitative estimate of drug-likeness (QED) is 0.106. The van der Waals surface area contributed by atoms with Crippen molar-refractivity contribution in [3.63, 3.8) is 0 Å². The van der Waals surface area contributed by atoms with Crippen molar-refractivity contribution in [1.29, 1.82) is 0 Å². The van der Waals surface area contributed by atoms with Crippen molar-refractivity contribution >= 4 is 46.6 Å². The normalized spacial score (nSPS) is 17.3. The topological polar surface area (TPSA) is 122 Å². The fraction of sp³-hybridized carbons (Fsp3) is 0.140. The molecule has 7 rings (SSSR count). The lowest BCUT2D eigenvalue weighted by Crippen LogP contribution is -2.43. The van der Waals surface area contributed by atoms with Gasteiger partial charge in [-0.25, -0.2) is 8.78 Å². The first kappa shape index (κ1) is 37.1. The molecule has 55 heavy (non-hydrogen) atoms. The molecule has 5 aromatic rings. The van der Waals surface area contributed by atoms with E-state index in [2.05, 4.69) is 10.6 Å². The van der Waals surface area contributed by atoms with E-state index in [-0.39, 0.29) is 41.3 Å². The van der Waals surface area contributed by atoms with E-state index in [9.17, 15) is 32.8 Å². The zero-order chi connectivity index (χ0) is 38.5. The van der Waals surface area contributed by atoms with E-state index in [0.717, 1.165) is 40.6 Å². The number of likely N-dealkylation sites (tertiary alicyclic amines) is 1. The monoisotopic (exact) mass is 757 g/mol. The summed E-state index contributed by atoms with van der Waals surface area (Å²) in [5.74, 6) is -4.04. The van der Waals surface area contributed by atoms with Crippen molar-refractivity contribution in [2.45, 2.75) is 25.2 Å². The second-order valence-electron chi connectivity index (χ2n) is 13.0. The Bertz CT molecular complexity index is 2330. The Morgan fingerprint density at radius 2 is 1.55 bits per heavy atom. The molecule has 2 aliphatic rings. The highest BCUT2D eigenvalue weighted by atomic mass is 32.2. The molecule has 0 radical (unpaired) electrons. The van der Waals surface area contributed by atoms with Crippen LogP contribution < -0.4 is 10.6 Å². The van der Waals surface area contributed by atoms with E-state index < -0.39 is 52.5 Å². The number of nitrogens with zero attached hydrogens (tertiary/aromatic N) is 1. The van der Waals surface area contributed by atoms with E-state index in [1.165, 1.54) is 12.1 Å². The van der Waals surface area contributed by atoms with Crippen LogP contribution in [0.2, 0.25) is 0 Å². The van der Waals surface area contributed by atoms with Crippen LogP contribution in [0.25, 0.3) is 17.2 Å². The molecule has 0 saturated carbocycles. The molecule has 0 unspecified atom stereocenters. The zero-order valence-electron chi connectivity index (χ0n) is 29.2. The lowest BCUT2D eigenvalue weighted by molar-refractivity contribution is -0.115. The third-order valence-electron chi connectivity index (χ3n) is 9.40. The minimum atomic E-state index is -1.04. The highest BCUT2D eigenvalue weighted by Crippen LogP contribution is 2.29. The zero-order valence-corrected chi connectivity index (χ0v) is 30.0. The number of nitrogens with one attached hydrogen (secondary N) is 2. The van der Waals surface area contributed by atoms with Crippen molar-refractivity contribution < 1.29 is 37.5 Å². The molecule has 5 aromatic carbocycles. The van der Waals surface area contributed by atoms with Gasteiger partial charge in [-0.2, -0.15) is 0 Å². The summed E-state index contributed by atoms with van der Waals surface area (Å²) in [5.41, 5.74) is 3.58. The number of benzene rings is 5. The first-order valence-electron chi connectivity index (χ1n) is 17.4. The summed E-state index contributed by atoms with van der Waals surface area (Å²) in [4.78, 5) is 66.5. The van der Waals surface area contributed by atoms with Crippen LogP contribution in [0.15, 0.2) is 126 Å². The maximum atomic E-state index is 14.7. The summed E-state index contributed by atoms with van der Waals surface area (Å²) in [6.07, 6.45) is 1.49. The standard InChI is InChI=1S/C43H33F2N3O6S/c44-30-18-19-36(37(45)21-30)39(49)34-12-6-7-13-35(34)42(52)48-24-32(54-25-29-10-4-5-11-33(29)27-8-2-1-3-9-27)22-31(48)23-46-40(50)28-16-14-26(15-17-28)20-38-41(51)47-43(53)55-38/h1-21,31-32H,22-25H2,(H,46,50)(H,47,51,53)/b38-20-/t31-,32+/m0/s1. The predicted octanol–water partition coefficient (Wildman–Crippen LogP) is 7.42. The Morgan fingerprint density at radius 1 is 0.836 bits per heavy atom. The summed E-state index contributed by atoms with van der Waals surface area (Å²) in [6.45, 7) is 0.461. The van der Waals surface area contributed by atoms with Crippen LogP contribution in [-0.2, 0) is 16.1 Å². The van der Waals surface area contributed by atoms with Gasteiger partial charge in [-0.3, -0.25) is 29.3 Å². The number of thioether (sulfide) groups is 1. The summed E-state index contributed by atoms with van der Waals surface area (Å²) < 4.78 is 34.8. The van der Waals surface area contributed by atoms with Gasteiger partial charge >= 0.3 is 0 Å². The number of carbonyl (C=O) groups excluding carboxylic acids is 5. The van der Waals surface area contributed by atoms with Crippen molar-refractivity contribution in [1.82, 2.24) is 15.5 Å². The molecule has 2 saturated heterocycles. The molecule has 0 aliphatic carbocycles. The van der Waals surface area contributed by atoms with Crippen LogP contribution in [0, 0.1) is 11.6 Å². The molecule has 276 valence electrons. The SMILES string of the molecule is O=C1NC(=O)/C(=C/c2ccc(C(=O)NC[C@@H]3C[C@@H](OCc4ccccc4-c4ccccc4)CN3C(=O)c3ccccc3C(=O)c3ccc(F)cc3F)cc2)S1. The summed E-state index contributed by atoms with van der Waals surface area (Å²) in [6, 6.07) is 32.5. The largest absolute Gasteiger partial charge is 0.372 e. The number of rotatable bonds is 11. The van der Waals surface area contributed by atoms with Gasteiger partial charge < -0.3 is 15.0 Å². The van der Waals surface area contributed by atoms with Crippen LogP contribution in [0.1, 0.15) is 54.2 Å². The highest BCUT2D eigenvalue weighted by molar-refractivity contribution is 8.18. The summed E-state index contributed by atoms with van der Waals surface area (Å²) in [5, 5.41) is 4.67. The lowest BCUT2D eigenvalue weighted by atomic mass is 9.97. The Labute approximate surface area is 319 Å². The van der Waals surface area contributed by atoms with E-state index >= 15 is 0 Å². The van der Waals surface area contributed by atoms with Crippen molar-refractivity contribution in [3.8, 4) is 11.1 Å². The molecule has 2 aliphatic heterocycles. The minimum absolute atomic E-state index is 0.0307. The first-order chi connectivity index (χ1) is 26.6. The average molecular weight is 758 g/mol. The second-order valence-corrected chi connectivity index (χ2v) is 14.0. The summed E-state index contributed by atoms with van der Waals surface area (Å²) >= 11 is 0.797. The number of hydrogen-bond donors (Lipinski definition) is 2. The molecular formula is C43H33F2N3O6S. The molecule has 9 nitrogen and oxygen atoms in total. The average Bonchev–Trinajstić information content (AvgIpc) is 3.76. The lowest BCUT2D eigenvalue weighted by Gasteiger charge is -2.25. The molecule has 2 fully saturated rings. The van der Waals surface area contributed by atoms with Crippen molar-refractivity contribution in [3.05, 3.63) is 171 Å². The van der Waals surface area contributed by atoms with Gasteiger partial charge in [0, 0.05) is 30.3 Å². The molecule has 0 aromatic heterocycles. The predicted molar refractivity (Wildman–Crippen MR) is 204 cm³/mol. The maximum absolute atomic E-state index is 14.7. The van der Waals surface area contributed by atoms with Gasteiger partial charge in [0.2, 0.25) is 0 Å². The van der Waals surface area contributed by atoms with Gasteiger partial charge in [-0.15, -0.1) is 0 Å². The Hall–Kier alpha value is -6.24. The number of carbonyl (C=O) groups is 5. The number of ether oxygens (including phenoxy) is 1. The third kappa shape index (κ3) is 8.45. The van der Waals surface area contributed by atoms with Crippen molar-refractivity contribution in [2.75, 3.05) is 13.1 Å². The van der Waals surface area contributed by atoms with Crippen LogP contribution in [0.3, 0.4) is 0 Å². The van der Waals surface area contributed by atoms with E-state index in [4.69, 9.17) is 4.74 Å². The van der Waals surface area contributed by atoms with Gasteiger partial charge in [0.15, 0.2) is 5.78 Å². The van der Waals surface area contributed by atoms with E-state index in [1.807, 2.05) is 54.6 Å². The minimum Gasteiger partial charge on any atom is -0.372 e. The fourth-order valence-electron chi connectivity index (χ4n) is 6.65. The second kappa shape index (κ2) is 16.4. The van der Waals surface area contributed by atoms with Gasteiger partial charge in [-0.1, -0.05) is 84.9 Å². The van der Waals surface area contributed by atoms with Crippen LogP contribution in [-0.4, -0.2) is 58.9 Å². The molecule has 4 amide bonds. The number of halogens is 2. The number of amides is 4. The number of ketones is 1. The maximum Gasteiger partial charge on any atom is 0.290 e. The van der Waals surface area contributed by atoms with Gasteiger partial charge in [-0.05, 0) is 76.8 Å². The van der Waals surface area contributed by atoms with Gasteiger partial charge in [0.1, 0.15) is 11.6 Å². The Kier molecular flexibility index (Phi) is 11.1. The van der Waals surface area contributed by atoms with Gasteiger partial charge in [0.25, 0.3) is 23.0 Å². The highest BCUT2D eigenvalue weighted by Gasteiger charge is 2.38. The first-order valence-corrected chi connectivity index (χ1v) is 18.2. The summed E-state index contributed by atoms with van der Waals surface area (Å²) in [7, 11) is 0. The Morgan fingerprint density at radius 3 is 2.27 bits per heavy atom. The fourth-order valence-corrected chi connectivity index (χ4v) is 7.33. The molecular weight excluding hydrogens is 725 g/mol. The molecule has 12 heteroatoms. The molecule has 2 heterocycles. The Balaban J connectivity index is 1.11. The van der Waals surface area contributed by atoms with E-state index in [0.29, 0.717) is 23.6 Å². The van der Waals surface area contributed by atoms with Crippen LogP contribution >= 0.6 is 11.8 Å². The molecule has 2 atom stereocenters. The number of imide groups is 1. The third-order valence-corrected chi connectivity index (χ3v) is 10.2. The molecule has 2 N–H and O–H groups in total. The van der Waals surface area contributed by atoms with Crippen LogP contribution in [0.5, 0.6) is 0 Å².